The summed E-state index contributed by atoms with van der Waals surface area (Å²) in [6, 6.07) is 8.73. The molecule has 1 aliphatic heterocycles. The van der Waals surface area contributed by atoms with Crippen LogP contribution in [0.1, 0.15) is 18.4 Å². The Kier molecular flexibility index (Phi) is 2.58. The Morgan fingerprint density at radius 1 is 1.25 bits per heavy atom. The number of nitrogens with two attached hydrogens (primary N) is 1. The van der Waals surface area contributed by atoms with E-state index in [2.05, 4.69) is 17.6 Å². The lowest BCUT2D eigenvalue weighted by molar-refractivity contribution is 0.174. The molecule has 1 aromatic carbocycles. The molecule has 2 atom stereocenters. The fourth-order valence-corrected chi connectivity index (χ4v) is 2.69. The number of ether oxygens (including phenoxy) is 1. The number of hydrazine groups is 1. The smallest absolute Gasteiger partial charge is 0.122 e. The van der Waals surface area contributed by atoms with Crippen LogP contribution in [0, 0.1) is 11.8 Å². The molecule has 3 nitrogen and oxygen atoms in total. The zero-order valence-corrected chi connectivity index (χ0v) is 9.36. The van der Waals surface area contributed by atoms with Gasteiger partial charge in [0.15, 0.2) is 0 Å². The summed E-state index contributed by atoms with van der Waals surface area (Å²) in [5.74, 6) is 7.99. The van der Waals surface area contributed by atoms with Gasteiger partial charge in [-0.25, -0.2) is 0 Å². The van der Waals surface area contributed by atoms with Crippen LogP contribution >= 0.6 is 0 Å². The molecule has 1 fully saturated rings. The van der Waals surface area contributed by atoms with Crippen molar-refractivity contribution >= 4 is 0 Å². The molecule has 0 bridgehead atoms. The number of fused-ring (bicyclic) bond motifs is 1. The van der Waals surface area contributed by atoms with E-state index < -0.39 is 0 Å². The summed E-state index contributed by atoms with van der Waals surface area (Å²) in [4.78, 5) is 0. The lowest BCUT2D eigenvalue weighted by Gasteiger charge is -2.31. The van der Waals surface area contributed by atoms with Gasteiger partial charge >= 0.3 is 0 Å². The Labute approximate surface area is 95.9 Å². The van der Waals surface area contributed by atoms with Gasteiger partial charge in [0.2, 0.25) is 0 Å². The SMILES string of the molecule is NNC(C1CC1)C1COc2ccccc2C1. The Balaban J connectivity index is 1.76. The molecule has 16 heavy (non-hydrogen) atoms. The highest BCUT2D eigenvalue weighted by Gasteiger charge is 2.37. The highest BCUT2D eigenvalue weighted by atomic mass is 16.5. The quantitative estimate of drug-likeness (QED) is 0.597. The molecule has 1 heterocycles. The van der Waals surface area contributed by atoms with Crippen molar-refractivity contribution in [1.82, 2.24) is 5.43 Å². The van der Waals surface area contributed by atoms with Crippen LogP contribution in [0.25, 0.3) is 0 Å². The number of benzene rings is 1. The van der Waals surface area contributed by atoms with E-state index in [-0.39, 0.29) is 0 Å². The first-order chi connectivity index (χ1) is 7.88. The number of nitrogens with one attached hydrogen (secondary N) is 1. The van der Waals surface area contributed by atoms with Crippen LogP contribution in [0.2, 0.25) is 0 Å². The third-order valence-electron chi connectivity index (χ3n) is 3.74. The molecule has 1 saturated carbocycles. The highest BCUT2D eigenvalue weighted by Crippen LogP contribution is 2.38. The van der Waals surface area contributed by atoms with E-state index in [1.165, 1.54) is 18.4 Å². The van der Waals surface area contributed by atoms with Crippen molar-refractivity contribution in [1.29, 1.82) is 0 Å². The minimum absolute atomic E-state index is 0.424. The summed E-state index contributed by atoms with van der Waals surface area (Å²) in [5.41, 5.74) is 4.30. The van der Waals surface area contributed by atoms with Crippen molar-refractivity contribution in [3.63, 3.8) is 0 Å². The minimum Gasteiger partial charge on any atom is -0.493 e. The van der Waals surface area contributed by atoms with Gasteiger partial charge in [-0.3, -0.25) is 11.3 Å². The van der Waals surface area contributed by atoms with Crippen LogP contribution in [0.15, 0.2) is 24.3 Å². The van der Waals surface area contributed by atoms with E-state index in [4.69, 9.17) is 10.6 Å². The molecular weight excluding hydrogens is 200 g/mol. The largest absolute Gasteiger partial charge is 0.493 e. The van der Waals surface area contributed by atoms with Gasteiger partial charge in [0.05, 0.1) is 6.61 Å². The highest BCUT2D eigenvalue weighted by molar-refractivity contribution is 5.35. The van der Waals surface area contributed by atoms with Gasteiger partial charge in [-0.1, -0.05) is 18.2 Å². The fourth-order valence-electron chi connectivity index (χ4n) is 2.69. The molecule has 0 amide bonds. The third-order valence-corrected chi connectivity index (χ3v) is 3.74. The van der Waals surface area contributed by atoms with E-state index in [0.717, 1.165) is 24.7 Å². The monoisotopic (exact) mass is 218 g/mol. The molecule has 3 heteroatoms. The summed E-state index contributed by atoms with van der Waals surface area (Å²) in [6.07, 6.45) is 3.71. The van der Waals surface area contributed by atoms with E-state index in [9.17, 15) is 0 Å². The van der Waals surface area contributed by atoms with Crippen LogP contribution in [0.4, 0.5) is 0 Å². The first-order valence-corrected chi connectivity index (χ1v) is 6.05. The van der Waals surface area contributed by atoms with Gasteiger partial charge in [0.25, 0.3) is 0 Å². The first kappa shape index (κ1) is 10.1. The standard InChI is InChI=1S/C13H18N2O/c14-15-13(9-5-6-9)11-7-10-3-1-2-4-12(10)16-8-11/h1-4,9,11,13,15H,5-8,14H2. The number of hydrogen-bond acceptors (Lipinski definition) is 3. The van der Waals surface area contributed by atoms with Crippen molar-refractivity contribution < 1.29 is 4.74 Å². The van der Waals surface area contributed by atoms with Gasteiger partial charge in [0.1, 0.15) is 5.75 Å². The molecule has 86 valence electrons. The third kappa shape index (κ3) is 1.81. The van der Waals surface area contributed by atoms with Crippen molar-refractivity contribution in [2.45, 2.75) is 25.3 Å². The average Bonchev–Trinajstić information content (AvgIpc) is 3.14. The Hall–Kier alpha value is -1.06. The normalized spacial score (nSPS) is 25.7. The maximum absolute atomic E-state index is 5.80. The molecule has 1 aromatic rings. The molecule has 2 aliphatic rings. The molecule has 0 radical (unpaired) electrons. The molecule has 2 unspecified atom stereocenters. The zero-order valence-electron chi connectivity index (χ0n) is 9.36. The minimum atomic E-state index is 0.424. The lowest BCUT2D eigenvalue weighted by atomic mass is 9.88. The van der Waals surface area contributed by atoms with Crippen molar-refractivity contribution in [2.24, 2.45) is 17.7 Å². The summed E-state index contributed by atoms with van der Waals surface area (Å²) >= 11 is 0. The second-order valence-corrected chi connectivity index (χ2v) is 4.91. The molecule has 3 rings (SSSR count). The lowest BCUT2D eigenvalue weighted by Crippen LogP contribution is -2.46. The second-order valence-electron chi connectivity index (χ2n) is 4.91. The van der Waals surface area contributed by atoms with Crippen LogP contribution in [-0.2, 0) is 6.42 Å². The van der Waals surface area contributed by atoms with Gasteiger partial charge in [-0.2, -0.15) is 0 Å². The molecule has 1 aliphatic carbocycles. The van der Waals surface area contributed by atoms with Gasteiger partial charge in [0, 0.05) is 12.0 Å². The number of para-hydroxylation sites is 1. The Morgan fingerprint density at radius 2 is 2.06 bits per heavy atom. The van der Waals surface area contributed by atoms with E-state index in [1.807, 2.05) is 12.1 Å². The van der Waals surface area contributed by atoms with Crippen molar-refractivity contribution in [3.8, 4) is 5.75 Å². The average molecular weight is 218 g/mol. The summed E-state index contributed by atoms with van der Waals surface area (Å²) in [7, 11) is 0. The summed E-state index contributed by atoms with van der Waals surface area (Å²) < 4.78 is 5.80. The molecule has 0 spiro atoms. The number of rotatable bonds is 3. The summed E-state index contributed by atoms with van der Waals surface area (Å²) in [6.45, 7) is 0.794. The molecule has 0 aromatic heterocycles. The van der Waals surface area contributed by atoms with Crippen molar-refractivity contribution in [2.75, 3.05) is 6.61 Å². The second kappa shape index (κ2) is 4.07. The molecule has 0 saturated heterocycles. The van der Waals surface area contributed by atoms with Crippen LogP contribution in [0.5, 0.6) is 5.75 Å². The first-order valence-electron chi connectivity index (χ1n) is 6.05. The molecule has 3 N–H and O–H groups in total. The molecular formula is C13H18N2O. The van der Waals surface area contributed by atoms with E-state index in [1.54, 1.807) is 0 Å². The topological polar surface area (TPSA) is 47.3 Å². The predicted octanol–water partition coefficient (Wildman–Crippen LogP) is 1.48. The van der Waals surface area contributed by atoms with E-state index >= 15 is 0 Å². The van der Waals surface area contributed by atoms with Gasteiger partial charge in [-0.15, -0.1) is 0 Å². The zero-order chi connectivity index (χ0) is 11.0. The predicted molar refractivity (Wildman–Crippen MR) is 63.0 cm³/mol. The maximum Gasteiger partial charge on any atom is 0.122 e. The van der Waals surface area contributed by atoms with Crippen LogP contribution < -0.4 is 16.0 Å². The van der Waals surface area contributed by atoms with E-state index in [0.29, 0.717) is 12.0 Å². The number of hydrogen-bond donors (Lipinski definition) is 2. The fraction of sp³-hybridized carbons (Fsp3) is 0.538. The Morgan fingerprint density at radius 3 is 2.81 bits per heavy atom. The Bertz CT molecular complexity index is 376. The summed E-state index contributed by atoms with van der Waals surface area (Å²) in [5, 5.41) is 0. The van der Waals surface area contributed by atoms with Crippen LogP contribution in [0.3, 0.4) is 0 Å². The van der Waals surface area contributed by atoms with Crippen LogP contribution in [-0.4, -0.2) is 12.6 Å². The maximum atomic E-state index is 5.80. The van der Waals surface area contributed by atoms with Crippen molar-refractivity contribution in [3.05, 3.63) is 29.8 Å². The van der Waals surface area contributed by atoms with Gasteiger partial charge < -0.3 is 4.74 Å². The van der Waals surface area contributed by atoms with Gasteiger partial charge in [-0.05, 0) is 36.8 Å².